The topological polar surface area (TPSA) is 140 Å². The molecule has 0 bridgehead atoms. The molecule has 10 nitrogen and oxygen atoms in total. The number of rotatable bonds is 11. The van der Waals surface area contributed by atoms with Crippen molar-refractivity contribution in [3.8, 4) is 0 Å². The van der Waals surface area contributed by atoms with E-state index in [1.54, 1.807) is 0 Å². The number of thioether (sulfide) groups is 2. The molecule has 12 heteroatoms. The summed E-state index contributed by atoms with van der Waals surface area (Å²) in [5.41, 5.74) is 2.91. The van der Waals surface area contributed by atoms with E-state index < -0.39 is 28.8 Å². The predicted octanol–water partition coefficient (Wildman–Crippen LogP) is 2.29. The predicted molar refractivity (Wildman–Crippen MR) is 155 cm³/mol. The van der Waals surface area contributed by atoms with Gasteiger partial charge in [0.1, 0.15) is 12.4 Å². The molecule has 3 amide bonds. The van der Waals surface area contributed by atoms with Crippen LogP contribution in [-0.2, 0) is 27.3 Å². The van der Waals surface area contributed by atoms with Crippen LogP contribution in [0.1, 0.15) is 30.5 Å². The van der Waals surface area contributed by atoms with Crippen LogP contribution in [0.3, 0.4) is 0 Å². The lowest BCUT2D eigenvalue weighted by atomic mass is 9.97. The molecule has 0 unspecified atom stereocenters. The summed E-state index contributed by atoms with van der Waals surface area (Å²) in [7, 11) is 0. The Bertz CT molecular complexity index is 1310. The minimum atomic E-state index is -1.55. The number of carbonyl (C=O) groups excluding carboxylic acids is 3. The third-order valence-electron chi connectivity index (χ3n) is 6.80. The number of nitrogens with one attached hydrogen (secondary N) is 3. The number of carbonyl (C=O) groups is 3. The Hall–Kier alpha value is -3.35. The Morgan fingerprint density at radius 1 is 1.18 bits per heavy atom. The summed E-state index contributed by atoms with van der Waals surface area (Å²) in [6.07, 6.45) is 0.0333. The molecule has 0 saturated carbocycles. The highest BCUT2D eigenvalue weighted by molar-refractivity contribution is 8.01. The lowest BCUT2D eigenvalue weighted by Crippen LogP contribution is -2.58. The van der Waals surface area contributed by atoms with Crippen LogP contribution in [0.15, 0.2) is 66.1 Å². The van der Waals surface area contributed by atoms with Gasteiger partial charge in [-0.05, 0) is 43.9 Å². The van der Waals surface area contributed by atoms with Crippen LogP contribution >= 0.6 is 23.5 Å². The van der Waals surface area contributed by atoms with E-state index in [4.69, 9.17) is 0 Å². The molecule has 1 fully saturated rings. The van der Waals surface area contributed by atoms with E-state index in [0.717, 1.165) is 28.5 Å². The monoisotopic (exact) mass is 582 g/mol. The first kappa shape index (κ1) is 29.6. The number of aliphatic hydroxyl groups excluding tert-OH is 1. The zero-order valence-corrected chi connectivity index (χ0v) is 24.3. The summed E-state index contributed by atoms with van der Waals surface area (Å²) < 4.78 is -0.572. The zero-order valence-electron chi connectivity index (χ0n) is 22.7. The summed E-state index contributed by atoms with van der Waals surface area (Å²) in [6.45, 7) is 6.15. The van der Waals surface area contributed by atoms with Gasteiger partial charge in [0.2, 0.25) is 11.8 Å². The molecule has 3 aromatic rings. The van der Waals surface area contributed by atoms with E-state index in [1.807, 2.05) is 75.4 Å². The maximum atomic E-state index is 13.7. The molecule has 4 rings (SSSR count). The number of aliphatic hydroxyl groups is 1. The van der Waals surface area contributed by atoms with E-state index >= 15 is 0 Å². The Morgan fingerprint density at radius 3 is 2.60 bits per heavy atom. The van der Waals surface area contributed by atoms with Crippen LogP contribution in [0, 0.1) is 6.92 Å². The second kappa shape index (κ2) is 13.3. The molecule has 212 valence electrons. The summed E-state index contributed by atoms with van der Waals surface area (Å²) in [5, 5.41) is 24.1. The average molecular weight is 583 g/mol. The van der Waals surface area contributed by atoms with E-state index in [0.29, 0.717) is 11.7 Å². The Balaban J connectivity index is 1.48. The molecule has 40 heavy (non-hydrogen) atoms. The molecule has 3 atom stereocenters. The fraction of sp³-hybridized carbons (Fsp3) is 0.393. The lowest BCUT2D eigenvalue weighted by molar-refractivity contribution is -0.147. The molecule has 2 aromatic carbocycles. The highest BCUT2D eigenvalue weighted by Crippen LogP contribution is 2.40. The molecular weight excluding hydrogens is 548 g/mol. The number of H-pyrrole nitrogens is 1. The van der Waals surface area contributed by atoms with Gasteiger partial charge in [-0.15, -0.1) is 11.8 Å². The zero-order chi connectivity index (χ0) is 28.7. The van der Waals surface area contributed by atoms with Crippen molar-refractivity contribution in [2.75, 3.05) is 11.6 Å². The van der Waals surface area contributed by atoms with Gasteiger partial charge in [-0.25, -0.2) is 4.98 Å². The number of benzene rings is 2. The van der Waals surface area contributed by atoms with Crippen molar-refractivity contribution in [1.82, 2.24) is 30.7 Å². The number of aromatic amines is 1. The molecule has 0 aliphatic carbocycles. The normalized spacial score (nSPS) is 17.7. The number of amides is 3. The molecule has 0 radical (unpaired) electrons. The van der Waals surface area contributed by atoms with Crippen molar-refractivity contribution >= 4 is 41.2 Å². The van der Waals surface area contributed by atoms with Gasteiger partial charge in [-0.3, -0.25) is 19.5 Å². The molecule has 1 aliphatic rings. The van der Waals surface area contributed by atoms with Crippen molar-refractivity contribution in [2.45, 2.75) is 61.8 Å². The fourth-order valence-corrected chi connectivity index (χ4v) is 6.33. The van der Waals surface area contributed by atoms with Gasteiger partial charge in [0.15, 0.2) is 11.3 Å². The van der Waals surface area contributed by atoms with Crippen molar-refractivity contribution in [3.63, 3.8) is 0 Å². The van der Waals surface area contributed by atoms with Gasteiger partial charge < -0.3 is 20.6 Å². The molecule has 0 spiro atoms. The van der Waals surface area contributed by atoms with Crippen LogP contribution in [0.5, 0.6) is 0 Å². The van der Waals surface area contributed by atoms with Gasteiger partial charge in [-0.1, -0.05) is 66.4 Å². The van der Waals surface area contributed by atoms with Crippen molar-refractivity contribution in [3.05, 3.63) is 77.6 Å². The summed E-state index contributed by atoms with van der Waals surface area (Å²) in [6, 6.07) is 15.4. The number of nitrogens with zero attached hydrogens (tertiary/aromatic N) is 3. The molecule has 1 aromatic heterocycles. The second-order valence-corrected chi connectivity index (χ2v) is 12.7. The van der Waals surface area contributed by atoms with Crippen LogP contribution in [-0.4, -0.2) is 77.5 Å². The number of hydrogen-bond acceptors (Lipinski definition) is 8. The Morgan fingerprint density at radius 2 is 1.90 bits per heavy atom. The van der Waals surface area contributed by atoms with Gasteiger partial charge in [0.05, 0.1) is 17.7 Å². The minimum absolute atomic E-state index is 0.0257. The van der Waals surface area contributed by atoms with Crippen LogP contribution < -0.4 is 10.6 Å². The van der Waals surface area contributed by atoms with Crippen LogP contribution in [0.2, 0.25) is 0 Å². The Kier molecular flexibility index (Phi) is 9.88. The van der Waals surface area contributed by atoms with Gasteiger partial charge in [0.25, 0.3) is 5.91 Å². The van der Waals surface area contributed by atoms with Gasteiger partial charge in [0, 0.05) is 11.3 Å². The number of aromatic nitrogens is 3. The standard InChI is InChI=1S/C28H34N6O4S2/c1-18-9-7-8-12-20(18)14-29-25(37)24-28(2,3)40-17-34(24)26(38)23(36)21(13-19-10-5-4-6-11-19)32-22(35)15-39-27-30-16-31-33-27/h4-12,16,21,23-24,36H,13-15,17H2,1-3H3,(H,29,37)(H,32,35)(H,30,31,33)/t21-,23-,24+/m0/s1. The largest absolute Gasteiger partial charge is 0.381 e. The van der Waals surface area contributed by atoms with Gasteiger partial charge >= 0.3 is 0 Å². The second-order valence-electron chi connectivity index (χ2n) is 10.1. The van der Waals surface area contributed by atoms with Crippen LogP contribution in [0.25, 0.3) is 0 Å². The summed E-state index contributed by atoms with van der Waals surface area (Å²) >= 11 is 2.64. The van der Waals surface area contributed by atoms with Gasteiger partial charge in [-0.2, -0.15) is 5.10 Å². The van der Waals surface area contributed by atoms with Crippen molar-refractivity contribution in [2.24, 2.45) is 0 Å². The first-order valence-corrected chi connectivity index (χ1v) is 14.9. The fourth-order valence-electron chi connectivity index (χ4n) is 4.60. The highest BCUT2D eigenvalue weighted by atomic mass is 32.2. The average Bonchev–Trinajstić information content (AvgIpc) is 3.58. The quantitative estimate of drug-likeness (QED) is 0.253. The molecular formula is C28H34N6O4S2. The molecule has 2 heterocycles. The summed E-state index contributed by atoms with van der Waals surface area (Å²) in [4.78, 5) is 45.4. The van der Waals surface area contributed by atoms with E-state index in [9.17, 15) is 19.5 Å². The molecule has 4 N–H and O–H groups in total. The summed E-state index contributed by atoms with van der Waals surface area (Å²) in [5.74, 6) is -0.974. The molecule has 1 aliphatic heterocycles. The third kappa shape index (κ3) is 7.43. The highest BCUT2D eigenvalue weighted by Gasteiger charge is 2.49. The smallest absolute Gasteiger partial charge is 0.254 e. The third-order valence-corrected chi connectivity index (χ3v) is 9.05. The lowest BCUT2D eigenvalue weighted by Gasteiger charge is -2.33. The van der Waals surface area contributed by atoms with Crippen molar-refractivity contribution in [1.29, 1.82) is 0 Å². The number of aryl methyl sites for hydroxylation is 1. The van der Waals surface area contributed by atoms with E-state index in [2.05, 4.69) is 25.8 Å². The minimum Gasteiger partial charge on any atom is -0.381 e. The molecule has 1 saturated heterocycles. The van der Waals surface area contributed by atoms with E-state index in [-0.39, 0.29) is 29.9 Å². The maximum Gasteiger partial charge on any atom is 0.254 e. The van der Waals surface area contributed by atoms with E-state index in [1.165, 1.54) is 23.0 Å². The van der Waals surface area contributed by atoms with Crippen molar-refractivity contribution < 1.29 is 19.5 Å². The maximum absolute atomic E-state index is 13.7. The SMILES string of the molecule is Cc1ccccc1CNC(=O)[C@H]1N(C(=O)[C@@H](O)[C@H](Cc2ccccc2)NC(=O)CSc2ncn[nH]2)CSC1(C)C. The van der Waals surface area contributed by atoms with Crippen LogP contribution in [0.4, 0.5) is 0 Å². The Labute approximate surface area is 242 Å². The number of hydrogen-bond donors (Lipinski definition) is 4. The first-order chi connectivity index (χ1) is 19.2. The first-order valence-electron chi connectivity index (χ1n) is 12.9.